The molecule has 4 aromatic rings. The number of aromatic amines is 1. The van der Waals surface area contributed by atoms with Crippen LogP contribution in [0.3, 0.4) is 0 Å². The fourth-order valence-corrected chi connectivity index (χ4v) is 7.62. The van der Waals surface area contributed by atoms with E-state index in [0.717, 1.165) is 31.7 Å². The number of ether oxygens (including phenoxy) is 2. The van der Waals surface area contributed by atoms with E-state index >= 15 is 4.39 Å². The van der Waals surface area contributed by atoms with Crippen molar-refractivity contribution in [3.8, 4) is 28.4 Å². The topological polar surface area (TPSA) is 106 Å². The zero-order valence-corrected chi connectivity index (χ0v) is 29.0. The number of piperidine rings is 1. The van der Waals surface area contributed by atoms with E-state index in [-0.39, 0.29) is 51.7 Å². The molecular weight excluding hydrogens is 668 g/mol. The maximum atomic E-state index is 15.7. The van der Waals surface area contributed by atoms with Crippen LogP contribution < -0.4 is 9.64 Å². The quantitative estimate of drug-likeness (QED) is 0.157. The molecule has 7 rings (SSSR count). The number of hydroxylamine groups is 2. The average molecular weight is 711 g/mol. The second-order valence-corrected chi connectivity index (χ2v) is 14.2. The van der Waals surface area contributed by atoms with E-state index in [2.05, 4.69) is 19.9 Å². The number of anilines is 1. The van der Waals surface area contributed by atoms with E-state index in [1.54, 1.807) is 30.4 Å². The molecule has 1 N–H and O–H groups in total. The zero-order chi connectivity index (χ0) is 35.9. The lowest BCUT2D eigenvalue weighted by molar-refractivity contribution is -0.195. The zero-order valence-electron chi connectivity index (χ0n) is 29.0. The number of alkyl halides is 3. The third-order valence-corrected chi connectivity index (χ3v) is 10.2. The summed E-state index contributed by atoms with van der Waals surface area (Å²) in [5.41, 5.74) is 1.42. The summed E-state index contributed by atoms with van der Waals surface area (Å²) in [4.78, 5) is 35.4. The van der Waals surface area contributed by atoms with Gasteiger partial charge in [-0.3, -0.25) is 9.78 Å². The number of carbonyl (C=O) groups is 1. The minimum absolute atomic E-state index is 0.0739. The van der Waals surface area contributed by atoms with Crippen molar-refractivity contribution >= 4 is 22.8 Å². The van der Waals surface area contributed by atoms with E-state index in [0.29, 0.717) is 74.6 Å². The van der Waals surface area contributed by atoms with Crippen LogP contribution in [-0.2, 0) is 20.5 Å². The molecule has 1 aromatic carbocycles. The van der Waals surface area contributed by atoms with Crippen molar-refractivity contribution in [2.45, 2.75) is 76.5 Å². The maximum Gasteiger partial charge on any atom is 0.418 e. The van der Waals surface area contributed by atoms with Crippen molar-refractivity contribution in [3.05, 3.63) is 53.6 Å². The molecule has 3 fully saturated rings. The van der Waals surface area contributed by atoms with Gasteiger partial charge in [0.25, 0.3) is 0 Å². The Morgan fingerprint density at radius 1 is 1.08 bits per heavy atom. The molecule has 1 saturated heterocycles. The molecule has 10 nitrogen and oxygen atoms in total. The van der Waals surface area contributed by atoms with E-state index in [1.165, 1.54) is 19.2 Å². The molecule has 0 amide bonds. The minimum atomic E-state index is -4.56. The summed E-state index contributed by atoms with van der Waals surface area (Å²) in [5, 5.41) is 1.60. The predicted molar refractivity (Wildman–Crippen MR) is 183 cm³/mol. The highest BCUT2D eigenvalue weighted by molar-refractivity contribution is 5.91. The van der Waals surface area contributed by atoms with E-state index < -0.39 is 17.6 Å². The summed E-state index contributed by atoms with van der Waals surface area (Å²) in [5.74, 6) is -0.520. The number of H-pyrrole nitrogens is 1. The lowest BCUT2D eigenvalue weighted by Crippen LogP contribution is -2.39. The van der Waals surface area contributed by atoms with Gasteiger partial charge in [0.2, 0.25) is 0 Å². The van der Waals surface area contributed by atoms with Crippen LogP contribution in [0.15, 0.2) is 36.5 Å². The number of rotatable bonds is 11. The molecule has 3 aromatic heterocycles. The molecule has 272 valence electrons. The van der Waals surface area contributed by atoms with Gasteiger partial charge in [-0.25, -0.2) is 14.4 Å². The second-order valence-electron chi connectivity index (χ2n) is 14.2. The monoisotopic (exact) mass is 710 g/mol. The van der Waals surface area contributed by atoms with E-state index in [9.17, 15) is 18.0 Å². The van der Waals surface area contributed by atoms with Crippen LogP contribution in [0.1, 0.15) is 75.5 Å². The Bertz CT molecular complexity index is 1900. The first kappa shape index (κ1) is 35.1. The molecule has 0 spiro atoms. The summed E-state index contributed by atoms with van der Waals surface area (Å²) < 4.78 is 70.1. The normalized spacial score (nSPS) is 18.3. The van der Waals surface area contributed by atoms with Crippen LogP contribution in [0.4, 0.5) is 23.2 Å². The number of pyridine rings is 2. The number of hydrogen-bond acceptors (Lipinski definition) is 9. The van der Waals surface area contributed by atoms with Crippen molar-refractivity contribution in [2.75, 3.05) is 45.3 Å². The summed E-state index contributed by atoms with van der Waals surface area (Å²) in [6.07, 6.45) is 3.50. The number of fused-ring (bicyclic) bond motifs is 1. The van der Waals surface area contributed by atoms with Crippen molar-refractivity contribution < 1.29 is 36.7 Å². The van der Waals surface area contributed by atoms with Crippen molar-refractivity contribution in [1.82, 2.24) is 25.0 Å². The van der Waals surface area contributed by atoms with Crippen LogP contribution in [0.5, 0.6) is 5.75 Å². The molecule has 4 heterocycles. The number of methoxy groups -OCH3 is 1. The molecule has 1 aliphatic heterocycles. The second kappa shape index (κ2) is 14.0. The minimum Gasteiger partial charge on any atom is -0.490 e. The third kappa shape index (κ3) is 7.67. The lowest BCUT2D eigenvalue weighted by Gasteiger charge is -2.34. The summed E-state index contributed by atoms with van der Waals surface area (Å²) in [6, 6.07) is 7.47. The molecule has 0 bridgehead atoms. The number of imidazole rings is 1. The highest BCUT2D eigenvalue weighted by Crippen LogP contribution is 2.46. The van der Waals surface area contributed by atoms with Crippen LogP contribution >= 0.6 is 0 Å². The number of benzene rings is 1. The summed E-state index contributed by atoms with van der Waals surface area (Å²) in [6.45, 7) is 3.61. The first-order valence-electron chi connectivity index (χ1n) is 17.5. The Hall–Kier alpha value is -4.30. The van der Waals surface area contributed by atoms with Crippen molar-refractivity contribution in [1.29, 1.82) is 0 Å². The Morgan fingerprint density at radius 3 is 2.47 bits per heavy atom. The van der Waals surface area contributed by atoms with Gasteiger partial charge in [0, 0.05) is 82.7 Å². The summed E-state index contributed by atoms with van der Waals surface area (Å²) in [7, 11) is 3.63. The standard InChI is InChI=1S/C37H42F4N6O4/c1-22(48)51-47-14-10-25(11-15-47)50-26-8-9-27(29(38)17-26)34-44-33-31(46(2)20-36(21-49-3)12-4-5-13-36)18-30(43-35(33)45-34)24-16-28(37(39,40)41)32(42-19-24)23-6-7-23/h8-9,16-19,23,25H,4-7,10-15,20-21H2,1-3H3,(H,43,44,45). The Kier molecular flexibility index (Phi) is 9.65. The fourth-order valence-electron chi connectivity index (χ4n) is 7.62. The third-order valence-electron chi connectivity index (χ3n) is 10.2. The SMILES string of the molecule is COCC1(CN(C)c2cc(-c3cnc(C4CC4)c(C(F)(F)F)c3)nc3nc(-c4ccc(OC5CCN(OC(C)=O)CC5)cc4F)[nH]c23)CCCC1. The molecule has 0 radical (unpaired) electrons. The van der Waals surface area contributed by atoms with Gasteiger partial charge >= 0.3 is 12.1 Å². The first-order valence-corrected chi connectivity index (χ1v) is 17.5. The Balaban J connectivity index is 1.22. The molecule has 3 aliphatic rings. The molecule has 2 saturated carbocycles. The smallest absolute Gasteiger partial charge is 0.418 e. The van der Waals surface area contributed by atoms with Gasteiger partial charge in [-0.2, -0.15) is 13.2 Å². The first-order chi connectivity index (χ1) is 24.4. The van der Waals surface area contributed by atoms with Gasteiger partial charge in [0.1, 0.15) is 29.0 Å². The number of nitrogens with zero attached hydrogens (tertiary/aromatic N) is 5. The molecule has 0 atom stereocenters. The van der Waals surface area contributed by atoms with E-state index in [4.69, 9.17) is 19.3 Å². The highest BCUT2D eigenvalue weighted by Gasteiger charge is 2.40. The average Bonchev–Trinajstić information content (AvgIpc) is 3.69. The maximum absolute atomic E-state index is 15.7. The molecule has 14 heteroatoms. The lowest BCUT2D eigenvalue weighted by atomic mass is 9.86. The van der Waals surface area contributed by atoms with Gasteiger partial charge in [0.05, 0.1) is 34.8 Å². The molecule has 2 aliphatic carbocycles. The van der Waals surface area contributed by atoms with Gasteiger partial charge in [-0.1, -0.05) is 12.8 Å². The predicted octanol–water partition coefficient (Wildman–Crippen LogP) is 7.69. The van der Waals surface area contributed by atoms with Gasteiger partial charge in [0.15, 0.2) is 5.65 Å². The van der Waals surface area contributed by atoms with Gasteiger partial charge in [-0.15, -0.1) is 5.06 Å². The molecular formula is C37H42F4N6O4. The Morgan fingerprint density at radius 2 is 1.82 bits per heavy atom. The van der Waals surface area contributed by atoms with Crippen LogP contribution in [0.25, 0.3) is 33.8 Å². The van der Waals surface area contributed by atoms with Crippen molar-refractivity contribution in [2.24, 2.45) is 5.41 Å². The molecule has 0 unspecified atom stereocenters. The number of halogens is 4. The highest BCUT2D eigenvalue weighted by atomic mass is 19.4. The van der Waals surface area contributed by atoms with Crippen molar-refractivity contribution in [3.63, 3.8) is 0 Å². The fraction of sp³-hybridized carbons (Fsp3) is 0.514. The number of nitrogens with one attached hydrogen (secondary N) is 1. The van der Waals surface area contributed by atoms with Crippen LogP contribution in [-0.4, -0.2) is 77.5 Å². The number of carbonyl (C=O) groups excluding carboxylic acids is 1. The number of hydrogen-bond donors (Lipinski definition) is 1. The number of aromatic nitrogens is 4. The van der Waals surface area contributed by atoms with Gasteiger partial charge < -0.3 is 24.2 Å². The summed E-state index contributed by atoms with van der Waals surface area (Å²) >= 11 is 0. The molecule has 51 heavy (non-hydrogen) atoms. The van der Waals surface area contributed by atoms with Gasteiger partial charge in [-0.05, 0) is 49.9 Å². The Labute approximate surface area is 293 Å². The van der Waals surface area contributed by atoms with Crippen LogP contribution in [0, 0.1) is 11.2 Å². The van der Waals surface area contributed by atoms with E-state index in [1.807, 2.05) is 7.05 Å². The van der Waals surface area contributed by atoms with Crippen LogP contribution in [0.2, 0.25) is 0 Å². The largest absolute Gasteiger partial charge is 0.490 e.